The lowest BCUT2D eigenvalue weighted by molar-refractivity contribution is -0.137. The summed E-state index contributed by atoms with van der Waals surface area (Å²) in [5, 5.41) is 2.80. The van der Waals surface area contributed by atoms with Crippen LogP contribution in [0.5, 0.6) is 0 Å². The van der Waals surface area contributed by atoms with E-state index in [1.807, 2.05) is 30.9 Å². The molecule has 1 atom stereocenters. The topological polar surface area (TPSA) is 20.5 Å². The zero-order valence-corrected chi connectivity index (χ0v) is 21.4. The van der Waals surface area contributed by atoms with E-state index in [0.717, 1.165) is 39.7 Å². The van der Waals surface area contributed by atoms with Crippen LogP contribution in [-0.2, 0) is 12.7 Å². The van der Waals surface area contributed by atoms with Crippen LogP contribution >= 0.6 is 7.21 Å². The van der Waals surface area contributed by atoms with Gasteiger partial charge in [0.1, 0.15) is 0 Å². The van der Waals surface area contributed by atoms with E-state index in [-0.39, 0.29) is 5.69 Å². The number of hydrogen-bond acceptors (Lipinski definition) is 1. The predicted octanol–water partition coefficient (Wildman–Crippen LogP) is 8.27. The van der Waals surface area contributed by atoms with E-state index in [1.165, 1.54) is 12.1 Å². The van der Waals surface area contributed by atoms with Crippen LogP contribution in [0.15, 0.2) is 71.5 Å². The summed E-state index contributed by atoms with van der Waals surface area (Å²) >= 11 is 0. The minimum atomic E-state index is -4.47. The Morgan fingerprint density at radius 2 is 1.47 bits per heavy atom. The second-order valence-electron chi connectivity index (χ2n) is 9.70. The second-order valence-corrected chi connectivity index (χ2v) is 13.8. The van der Waals surface area contributed by atoms with E-state index in [2.05, 4.69) is 62.6 Å². The van der Waals surface area contributed by atoms with Gasteiger partial charge in [-0.25, -0.2) is 4.74 Å². The van der Waals surface area contributed by atoms with E-state index in [1.54, 1.807) is 6.07 Å². The van der Waals surface area contributed by atoms with E-state index < -0.39 is 24.1 Å². The Kier molecular flexibility index (Phi) is 6.20. The van der Waals surface area contributed by atoms with Gasteiger partial charge in [-0.15, -0.1) is 0 Å². The van der Waals surface area contributed by atoms with Crippen molar-refractivity contribution in [3.63, 3.8) is 0 Å². The van der Waals surface area contributed by atoms with Crippen LogP contribution in [0.1, 0.15) is 33.3 Å². The van der Waals surface area contributed by atoms with Gasteiger partial charge in [0.05, 0.1) is 18.5 Å². The zero-order chi connectivity index (χ0) is 24.9. The summed E-state index contributed by atoms with van der Waals surface area (Å²) in [6.45, 7) is 9.16. The maximum absolute atomic E-state index is 13.9. The maximum atomic E-state index is 13.9. The maximum Gasteiger partial charge on any atom is 0.418 e. The molecule has 0 radical (unpaired) electrons. The first-order valence-corrected chi connectivity index (χ1v) is 13.1. The summed E-state index contributed by atoms with van der Waals surface area (Å²) in [5.74, 6) is 0. The van der Waals surface area contributed by atoms with Crippen LogP contribution in [0.25, 0.3) is 21.8 Å². The number of hydrogen-bond donors (Lipinski definition) is 0. The molecule has 7 heteroatoms. The minimum Gasteiger partial charge on any atom is -0.341 e. The summed E-state index contributed by atoms with van der Waals surface area (Å²) in [6, 6.07) is 20.2. The van der Waals surface area contributed by atoms with Crippen LogP contribution in [0, 0.1) is 0 Å². The van der Waals surface area contributed by atoms with Crippen LogP contribution < -0.4 is 5.30 Å². The highest BCUT2D eigenvalue weighted by Crippen LogP contribution is 2.63. The van der Waals surface area contributed by atoms with Gasteiger partial charge in [-0.2, -0.15) is 13.2 Å². The molecule has 3 nitrogen and oxygen atoms in total. The van der Waals surface area contributed by atoms with Gasteiger partial charge in [-0.3, -0.25) is 4.67 Å². The highest BCUT2D eigenvalue weighted by atomic mass is 31.2. The molecule has 0 amide bonds. The molecule has 180 valence electrons. The normalized spacial score (nSPS) is 14.6. The molecule has 1 heterocycles. The van der Waals surface area contributed by atoms with E-state index in [4.69, 9.17) is 4.74 Å². The molecule has 1 aromatic heterocycles. The average molecular weight is 486 g/mol. The highest BCUT2D eigenvalue weighted by Gasteiger charge is 2.40. The molecule has 0 aliphatic carbocycles. The van der Waals surface area contributed by atoms with Gasteiger partial charge in [0.2, 0.25) is 0 Å². The molecule has 0 bridgehead atoms. The third-order valence-electron chi connectivity index (χ3n) is 6.41. The van der Waals surface area contributed by atoms with Gasteiger partial charge in [-0.1, -0.05) is 51.1 Å². The standard InChI is InChI=1S/C27H31F3N3P/c1-7-33-24-15-11-8-12-20(24)21-18-19(16-17-25(21)33)34(32(5)6,26(2,3)4)31-23-14-10-9-13-22(23)27(28,29)30/h8-18H,7H2,1-6H3/t34-/m1/s1. The number of benzene rings is 3. The number of fused-ring (bicyclic) bond motifs is 3. The Morgan fingerprint density at radius 1 is 0.853 bits per heavy atom. The van der Waals surface area contributed by atoms with E-state index in [0.29, 0.717) is 0 Å². The number of aryl methyl sites for hydroxylation is 1. The molecule has 4 rings (SSSR count). The van der Waals surface area contributed by atoms with Crippen molar-refractivity contribution in [2.75, 3.05) is 14.1 Å². The Labute approximate surface area is 199 Å². The largest absolute Gasteiger partial charge is 0.418 e. The van der Waals surface area contributed by atoms with E-state index >= 15 is 0 Å². The molecule has 0 saturated heterocycles. The number of para-hydroxylation sites is 1. The molecule has 0 unspecified atom stereocenters. The summed E-state index contributed by atoms with van der Waals surface area (Å²) in [7, 11) is 1.20. The number of rotatable bonds is 4. The van der Waals surface area contributed by atoms with Crippen LogP contribution in [0.4, 0.5) is 18.9 Å². The van der Waals surface area contributed by atoms with Crippen LogP contribution in [0.2, 0.25) is 0 Å². The van der Waals surface area contributed by atoms with Crippen molar-refractivity contribution in [2.45, 2.75) is 45.6 Å². The third kappa shape index (κ3) is 3.87. The number of halogens is 3. The molecule has 0 aliphatic rings. The summed E-state index contributed by atoms with van der Waals surface area (Å²) in [4.78, 5) is 0. The van der Waals surface area contributed by atoms with Gasteiger partial charge in [-0.05, 0) is 57.4 Å². The minimum absolute atomic E-state index is 0.0111. The molecule has 3 aromatic carbocycles. The summed E-state index contributed by atoms with van der Waals surface area (Å²) < 4.78 is 51.0. The summed E-state index contributed by atoms with van der Waals surface area (Å²) in [5.41, 5.74) is 1.56. The molecule has 0 N–H and O–H groups in total. The smallest absolute Gasteiger partial charge is 0.341 e. The quantitative estimate of drug-likeness (QED) is 0.267. The molecule has 0 aliphatic heterocycles. The summed E-state index contributed by atoms with van der Waals surface area (Å²) in [6.07, 6.45) is -4.47. The Hall–Kier alpha value is -2.56. The van der Waals surface area contributed by atoms with Gasteiger partial charge in [0.15, 0.2) is 0 Å². The fourth-order valence-electron chi connectivity index (χ4n) is 5.05. The lowest BCUT2D eigenvalue weighted by Gasteiger charge is -2.42. The van der Waals surface area contributed by atoms with Crippen molar-refractivity contribution >= 4 is 40.0 Å². The lowest BCUT2D eigenvalue weighted by Crippen LogP contribution is -2.32. The molecule has 4 aromatic rings. The zero-order valence-electron chi connectivity index (χ0n) is 20.5. The average Bonchev–Trinajstić information content (AvgIpc) is 3.09. The first-order chi connectivity index (χ1) is 15.9. The molecule has 0 fully saturated rings. The second kappa shape index (κ2) is 8.58. The van der Waals surface area contributed by atoms with Crippen molar-refractivity contribution in [2.24, 2.45) is 4.74 Å². The van der Waals surface area contributed by atoms with Crippen molar-refractivity contribution < 1.29 is 13.2 Å². The number of aromatic nitrogens is 1. The molecular weight excluding hydrogens is 454 g/mol. The SMILES string of the molecule is CCn1c2ccccc2c2cc([P@@](=Nc3ccccc3C(F)(F)F)(N(C)C)C(C)(C)C)ccc21. The van der Waals surface area contributed by atoms with Gasteiger partial charge >= 0.3 is 6.18 Å². The number of alkyl halides is 3. The van der Waals surface area contributed by atoms with Crippen molar-refractivity contribution in [3.05, 3.63) is 72.3 Å². The lowest BCUT2D eigenvalue weighted by atomic mass is 10.1. The van der Waals surface area contributed by atoms with Gasteiger partial charge in [0.25, 0.3) is 0 Å². The highest BCUT2D eigenvalue weighted by molar-refractivity contribution is 7.73. The Balaban J connectivity index is 2.12. The molecule has 0 saturated carbocycles. The Bertz CT molecular complexity index is 1410. The van der Waals surface area contributed by atoms with Crippen molar-refractivity contribution in [1.29, 1.82) is 0 Å². The number of nitrogens with zero attached hydrogens (tertiary/aromatic N) is 3. The van der Waals surface area contributed by atoms with Crippen LogP contribution in [-0.4, -0.2) is 28.5 Å². The van der Waals surface area contributed by atoms with E-state index in [9.17, 15) is 13.2 Å². The fraction of sp³-hybridized carbons (Fsp3) is 0.333. The van der Waals surface area contributed by atoms with Gasteiger partial charge in [0, 0.05) is 38.8 Å². The van der Waals surface area contributed by atoms with Gasteiger partial charge < -0.3 is 4.57 Å². The van der Waals surface area contributed by atoms with Crippen molar-refractivity contribution in [1.82, 2.24) is 9.24 Å². The van der Waals surface area contributed by atoms with Crippen LogP contribution in [0.3, 0.4) is 0 Å². The predicted molar refractivity (Wildman–Crippen MR) is 139 cm³/mol. The first kappa shape index (κ1) is 24.6. The molecule has 34 heavy (non-hydrogen) atoms. The molecular formula is C27H31F3N3P. The molecule has 0 spiro atoms. The Morgan fingerprint density at radius 3 is 2.09 bits per heavy atom. The monoisotopic (exact) mass is 485 g/mol. The first-order valence-electron chi connectivity index (χ1n) is 11.4. The fourth-order valence-corrected chi connectivity index (χ4v) is 9.16. The third-order valence-corrected chi connectivity index (χ3v) is 10.9. The van der Waals surface area contributed by atoms with Crippen molar-refractivity contribution in [3.8, 4) is 0 Å².